The summed E-state index contributed by atoms with van der Waals surface area (Å²) in [5.74, 6) is 2.75. The van der Waals surface area contributed by atoms with E-state index in [0.717, 1.165) is 0 Å². The van der Waals surface area contributed by atoms with Gasteiger partial charge in [0.15, 0.2) is 5.25 Å². The fraction of sp³-hybridized carbons (Fsp3) is 0.714. The molecule has 0 aromatic carbocycles. The Bertz CT molecular complexity index is 364. The van der Waals surface area contributed by atoms with Gasteiger partial charge in [-0.1, -0.05) is 0 Å². The van der Waals surface area contributed by atoms with Crippen molar-refractivity contribution >= 4 is 21.9 Å². The van der Waals surface area contributed by atoms with Crippen LogP contribution in [-0.2, 0) is 24.3 Å². The molecule has 0 aromatic heterocycles. The van der Waals surface area contributed by atoms with Crippen LogP contribution in [0.5, 0.6) is 0 Å². The van der Waals surface area contributed by atoms with Gasteiger partial charge in [0, 0.05) is 0 Å². The van der Waals surface area contributed by atoms with Gasteiger partial charge in [0.2, 0.25) is 15.9 Å². The molecule has 9 heteroatoms. The van der Waals surface area contributed by atoms with Crippen LogP contribution in [0.3, 0.4) is 0 Å². The third-order valence-electron chi connectivity index (χ3n) is 1.54. The average molecular weight is 253 g/mol. The number of nitrogens with one attached hydrogen (secondary N) is 1. The first-order valence-electron chi connectivity index (χ1n) is 4.40. The molecule has 0 fully saturated rings. The van der Waals surface area contributed by atoms with Gasteiger partial charge in [-0.25, -0.2) is 8.42 Å². The standard InChI is InChI=1S/C7H15N3O5S/c1-4(2)15-7(12)5(3-6(8)11)16(13,14)10-9/h4-5,10H,3,9H2,1-2H3,(H2,8,11). The molecule has 0 aromatic rings. The van der Waals surface area contributed by atoms with Gasteiger partial charge in [-0.2, -0.15) is 4.83 Å². The highest BCUT2D eigenvalue weighted by Crippen LogP contribution is 2.07. The molecule has 0 aliphatic heterocycles. The Morgan fingerprint density at radius 3 is 2.19 bits per heavy atom. The molecule has 0 aliphatic rings. The first kappa shape index (κ1) is 14.8. The molecule has 0 aliphatic carbocycles. The predicted octanol–water partition coefficient (Wildman–Crippen LogP) is -2.02. The van der Waals surface area contributed by atoms with Crippen LogP contribution in [0, 0.1) is 0 Å². The first-order valence-corrected chi connectivity index (χ1v) is 5.95. The zero-order chi connectivity index (χ0) is 12.9. The lowest BCUT2D eigenvalue weighted by Gasteiger charge is -2.16. The molecule has 0 radical (unpaired) electrons. The zero-order valence-electron chi connectivity index (χ0n) is 8.97. The molecule has 1 amide bonds. The average Bonchev–Trinajstić information content (AvgIpc) is 2.12. The van der Waals surface area contributed by atoms with E-state index in [1.807, 2.05) is 0 Å². The van der Waals surface area contributed by atoms with Gasteiger partial charge in [-0.15, -0.1) is 0 Å². The molecular formula is C7H15N3O5S. The van der Waals surface area contributed by atoms with Gasteiger partial charge in [0.25, 0.3) is 0 Å². The zero-order valence-corrected chi connectivity index (χ0v) is 9.78. The maximum atomic E-state index is 11.4. The van der Waals surface area contributed by atoms with Crippen molar-refractivity contribution in [2.75, 3.05) is 0 Å². The molecule has 5 N–H and O–H groups in total. The Morgan fingerprint density at radius 2 is 1.88 bits per heavy atom. The number of rotatable bonds is 6. The Morgan fingerprint density at radius 1 is 1.38 bits per heavy atom. The van der Waals surface area contributed by atoms with Crippen molar-refractivity contribution in [3.63, 3.8) is 0 Å². The number of ether oxygens (including phenoxy) is 1. The fourth-order valence-corrected chi connectivity index (χ4v) is 1.75. The largest absolute Gasteiger partial charge is 0.462 e. The van der Waals surface area contributed by atoms with Gasteiger partial charge in [0.1, 0.15) is 0 Å². The van der Waals surface area contributed by atoms with Gasteiger partial charge < -0.3 is 10.5 Å². The third-order valence-corrected chi connectivity index (χ3v) is 2.98. The number of hydrogen-bond acceptors (Lipinski definition) is 6. The van der Waals surface area contributed by atoms with Gasteiger partial charge in [0.05, 0.1) is 12.5 Å². The summed E-state index contributed by atoms with van der Waals surface area (Å²) in [6.07, 6.45) is -1.19. The van der Waals surface area contributed by atoms with Crippen LogP contribution in [0.15, 0.2) is 0 Å². The number of carbonyl (C=O) groups is 2. The Hall–Kier alpha value is -1.19. The van der Waals surface area contributed by atoms with Crippen molar-refractivity contribution in [2.24, 2.45) is 11.6 Å². The lowest BCUT2D eigenvalue weighted by molar-refractivity contribution is -0.147. The van der Waals surface area contributed by atoms with E-state index in [4.69, 9.17) is 11.6 Å². The molecule has 8 nitrogen and oxygen atoms in total. The molecule has 94 valence electrons. The highest BCUT2D eigenvalue weighted by atomic mass is 32.2. The Labute approximate surface area is 93.3 Å². The van der Waals surface area contributed by atoms with E-state index in [1.54, 1.807) is 13.8 Å². The number of carbonyl (C=O) groups excluding carboxylic acids is 2. The van der Waals surface area contributed by atoms with E-state index in [9.17, 15) is 18.0 Å². The summed E-state index contributed by atoms with van der Waals surface area (Å²) < 4.78 is 27.3. The lowest BCUT2D eigenvalue weighted by Crippen LogP contribution is -2.45. The number of hydrogen-bond donors (Lipinski definition) is 3. The van der Waals surface area contributed by atoms with Crippen molar-refractivity contribution in [2.45, 2.75) is 31.6 Å². The number of hydrazine groups is 1. The van der Waals surface area contributed by atoms with E-state index < -0.39 is 39.7 Å². The predicted molar refractivity (Wildman–Crippen MR) is 55.1 cm³/mol. The van der Waals surface area contributed by atoms with Crippen LogP contribution in [0.1, 0.15) is 20.3 Å². The monoisotopic (exact) mass is 253 g/mol. The molecule has 0 saturated heterocycles. The van der Waals surface area contributed by atoms with E-state index >= 15 is 0 Å². The summed E-state index contributed by atoms with van der Waals surface area (Å²) in [5.41, 5.74) is 4.83. The van der Waals surface area contributed by atoms with Crippen molar-refractivity contribution in [1.29, 1.82) is 0 Å². The maximum Gasteiger partial charge on any atom is 0.326 e. The SMILES string of the molecule is CC(C)OC(=O)C(CC(N)=O)S(=O)(=O)NN. The minimum atomic E-state index is -4.15. The van der Waals surface area contributed by atoms with Crippen LogP contribution >= 0.6 is 0 Å². The fourth-order valence-electron chi connectivity index (χ4n) is 0.893. The van der Waals surface area contributed by atoms with E-state index in [-0.39, 0.29) is 0 Å². The molecule has 0 rings (SSSR count). The third kappa shape index (κ3) is 4.55. The van der Waals surface area contributed by atoms with E-state index in [2.05, 4.69) is 4.74 Å². The smallest absolute Gasteiger partial charge is 0.326 e. The van der Waals surface area contributed by atoms with Crippen LogP contribution in [0.25, 0.3) is 0 Å². The molecule has 1 unspecified atom stereocenters. The second kappa shape index (κ2) is 5.77. The second-order valence-corrected chi connectivity index (χ2v) is 5.20. The molecule has 0 heterocycles. The molecule has 0 spiro atoms. The molecule has 16 heavy (non-hydrogen) atoms. The van der Waals surface area contributed by atoms with E-state index in [0.29, 0.717) is 0 Å². The van der Waals surface area contributed by atoms with Crippen molar-refractivity contribution in [1.82, 2.24) is 4.83 Å². The van der Waals surface area contributed by atoms with Crippen molar-refractivity contribution < 1.29 is 22.7 Å². The summed E-state index contributed by atoms with van der Waals surface area (Å²) in [4.78, 5) is 23.5. The van der Waals surface area contributed by atoms with Crippen LogP contribution in [0.2, 0.25) is 0 Å². The molecule has 1 atom stereocenters. The quantitative estimate of drug-likeness (QED) is 0.283. The van der Waals surface area contributed by atoms with Gasteiger partial charge in [-0.3, -0.25) is 15.4 Å². The topological polar surface area (TPSA) is 142 Å². The highest BCUT2D eigenvalue weighted by molar-refractivity contribution is 7.90. The summed E-state index contributed by atoms with van der Waals surface area (Å²) >= 11 is 0. The Kier molecular flexibility index (Phi) is 5.35. The molecular weight excluding hydrogens is 238 g/mol. The lowest BCUT2D eigenvalue weighted by atomic mass is 10.3. The number of primary amides is 1. The summed E-state index contributed by atoms with van der Waals surface area (Å²) in [5, 5.41) is -1.72. The summed E-state index contributed by atoms with van der Waals surface area (Å²) in [6.45, 7) is 3.09. The minimum absolute atomic E-state index is 0.504. The Balaban J connectivity index is 4.95. The number of esters is 1. The van der Waals surface area contributed by atoms with Crippen LogP contribution in [0.4, 0.5) is 0 Å². The van der Waals surface area contributed by atoms with Crippen molar-refractivity contribution in [3.8, 4) is 0 Å². The summed E-state index contributed by atoms with van der Waals surface area (Å²) in [6, 6.07) is 0. The highest BCUT2D eigenvalue weighted by Gasteiger charge is 2.35. The van der Waals surface area contributed by atoms with Gasteiger partial charge >= 0.3 is 5.97 Å². The maximum absolute atomic E-state index is 11.4. The molecule has 0 bridgehead atoms. The number of amides is 1. The second-order valence-electron chi connectivity index (χ2n) is 3.31. The van der Waals surface area contributed by atoms with Crippen LogP contribution in [-0.4, -0.2) is 31.6 Å². The first-order chi connectivity index (χ1) is 7.20. The van der Waals surface area contributed by atoms with Crippen molar-refractivity contribution in [3.05, 3.63) is 0 Å². The van der Waals surface area contributed by atoms with E-state index in [1.165, 1.54) is 4.83 Å². The summed E-state index contributed by atoms with van der Waals surface area (Å²) in [7, 11) is -4.15. The normalized spacial score (nSPS) is 13.5. The minimum Gasteiger partial charge on any atom is -0.462 e. The van der Waals surface area contributed by atoms with Gasteiger partial charge in [-0.05, 0) is 13.8 Å². The number of sulfonamides is 1. The van der Waals surface area contributed by atoms with Crippen LogP contribution < -0.4 is 16.4 Å². The number of nitrogens with two attached hydrogens (primary N) is 2. The molecule has 0 saturated carbocycles.